The third-order valence-corrected chi connectivity index (χ3v) is 5.46. The predicted molar refractivity (Wildman–Crippen MR) is 130 cm³/mol. The van der Waals surface area contributed by atoms with Crippen LogP contribution in [0.3, 0.4) is 0 Å². The van der Waals surface area contributed by atoms with Crippen molar-refractivity contribution < 1.29 is 18.7 Å². The van der Waals surface area contributed by atoms with Crippen LogP contribution in [0.2, 0.25) is 0 Å². The lowest BCUT2D eigenvalue weighted by Gasteiger charge is -2.36. The monoisotopic (exact) mass is 548 g/mol. The zero-order chi connectivity index (χ0) is 21.3. The summed E-state index contributed by atoms with van der Waals surface area (Å²) in [6.45, 7) is 9.33. The van der Waals surface area contributed by atoms with E-state index in [2.05, 4.69) is 10.2 Å². The second-order valence-electron chi connectivity index (χ2n) is 7.75. The minimum Gasteiger partial charge on any atom is -0.486 e. The zero-order valence-corrected chi connectivity index (χ0v) is 20.7. The van der Waals surface area contributed by atoms with Crippen molar-refractivity contribution in [3.05, 3.63) is 30.1 Å². The summed E-state index contributed by atoms with van der Waals surface area (Å²) < 4.78 is 24.8. The Balaban J connectivity index is 0.00000341. The third kappa shape index (κ3) is 7.48. The lowest BCUT2D eigenvalue weighted by molar-refractivity contribution is -0.140. The molecule has 174 valence electrons. The first-order chi connectivity index (χ1) is 14.6. The molecule has 3 rings (SSSR count). The van der Waals surface area contributed by atoms with E-state index in [1.165, 1.54) is 6.07 Å². The molecule has 0 saturated carbocycles. The van der Waals surface area contributed by atoms with Gasteiger partial charge in [-0.3, -0.25) is 4.79 Å². The van der Waals surface area contributed by atoms with E-state index in [4.69, 9.17) is 14.5 Å². The largest absolute Gasteiger partial charge is 0.486 e. The van der Waals surface area contributed by atoms with Gasteiger partial charge in [-0.25, -0.2) is 9.38 Å². The van der Waals surface area contributed by atoms with Gasteiger partial charge in [0.1, 0.15) is 6.10 Å². The van der Waals surface area contributed by atoms with E-state index in [1.54, 1.807) is 18.2 Å². The van der Waals surface area contributed by atoms with E-state index in [9.17, 15) is 9.18 Å². The van der Waals surface area contributed by atoms with Crippen LogP contribution in [0.4, 0.5) is 4.39 Å². The molecule has 1 aromatic carbocycles. The van der Waals surface area contributed by atoms with Gasteiger partial charge in [0, 0.05) is 38.6 Å². The van der Waals surface area contributed by atoms with E-state index in [0.29, 0.717) is 32.8 Å². The second kappa shape index (κ2) is 13.0. The summed E-state index contributed by atoms with van der Waals surface area (Å²) in [4.78, 5) is 21.6. The van der Waals surface area contributed by atoms with Crippen LogP contribution in [-0.2, 0) is 9.53 Å². The van der Waals surface area contributed by atoms with Crippen molar-refractivity contribution in [1.82, 2.24) is 15.1 Å². The normalized spacial score (nSPS) is 18.9. The van der Waals surface area contributed by atoms with Gasteiger partial charge in [-0.1, -0.05) is 12.1 Å². The fourth-order valence-electron chi connectivity index (χ4n) is 3.82. The van der Waals surface area contributed by atoms with Crippen LogP contribution >= 0.6 is 24.0 Å². The highest BCUT2D eigenvalue weighted by molar-refractivity contribution is 14.0. The highest BCUT2D eigenvalue weighted by Crippen LogP contribution is 2.21. The number of benzene rings is 1. The second-order valence-corrected chi connectivity index (χ2v) is 7.75. The Kier molecular flexibility index (Phi) is 10.8. The molecule has 7 nitrogen and oxygen atoms in total. The first kappa shape index (κ1) is 25.6. The predicted octanol–water partition coefficient (Wildman–Crippen LogP) is 2.75. The van der Waals surface area contributed by atoms with Crippen molar-refractivity contribution in [2.24, 2.45) is 10.9 Å². The number of likely N-dealkylation sites (tertiary alicyclic amines) is 1. The minimum absolute atomic E-state index is 0. The average molecular weight is 548 g/mol. The molecule has 0 aromatic heterocycles. The van der Waals surface area contributed by atoms with Crippen LogP contribution in [-0.4, -0.2) is 80.3 Å². The number of hydrogen-bond acceptors (Lipinski definition) is 4. The molecular weight excluding hydrogens is 514 g/mol. The Bertz CT molecular complexity index is 722. The number of nitrogens with zero attached hydrogens (tertiary/aromatic N) is 3. The smallest absolute Gasteiger partial charge is 0.225 e. The maximum Gasteiger partial charge on any atom is 0.225 e. The maximum atomic E-state index is 13.8. The molecule has 9 heteroatoms. The highest BCUT2D eigenvalue weighted by atomic mass is 127. The number of morpholine rings is 1. The number of nitrogens with one attached hydrogen (secondary N) is 1. The van der Waals surface area contributed by atoms with Gasteiger partial charge >= 0.3 is 0 Å². The lowest BCUT2D eigenvalue weighted by Crippen LogP contribution is -2.50. The van der Waals surface area contributed by atoms with Gasteiger partial charge in [-0.15, -0.1) is 24.0 Å². The number of hydrogen-bond donors (Lipinski definition) is 1. The summed E-state index contributed by atoms with van der Waals surface area (Å²) >= 11 is 0. The van der Waals surface area contributed by atoms with Gasteiger partial charge in [0.15, 0.2) is 17.5 Å². The van der Waals surface area contributed by atoms with Crippen LogP contribution in [0.15, 0.2) is 29.3 Å². The molecule has 2 saturated heterocycles. The van der Waals surface area contributed by atoms with Crippen LogP contribution in [0, 0.1) is 11.7 Å². The SMILES string of the molecule is CCNC(=NCC(C)Oc1ccccc1F)N1CCC(C(=O)N2CCOCC2)CC1.I. The average Bonchev–Trinajstić information content (AvgIpc) is 2.78. The molecule has 1 unspecified atom stereocenters. The molecule has 1 amide bonds. The van der Waals surface area contributed by atoms with Gasteiger partial charge in [0.05, 0.1) is 19.8 Å². The van der Waals surface area contributed by atoms with Crippen molar-refractivity contribution in [2.75, 3.05) is 52.5 Å². The number of carbonyl (C=O) groups excluding carboxylic acids is 1. The molecule has 1 atom stereocenters. The lowest BCUT2D eigenvalue weighted by atomic mass is 9.95. The molecule has 2 aliphatic heterocycles. The molecule has 0 spiro atoms. The zero-order valence-electron chi connectivity index (χ0n) is 18.4. The Morgan fingerprint density at radius 2 is 1.90 bits per heavy atom. The first-order valence-electron chi connectivity index (χ1n) is 10.9. The standard InChI is InChI=1S/C22H33FN4O3.HI/c1-3-24-22(25-16-17(2)30-20-7-5-4-6-19(20)23)27-10-8-18(9-11-27)21(28)26-12-14-29-15-13-26;/h4-7,17-18H,3,8-16H2,1-2H3,(H,24,25);1H. The van der Waals surface area contributed by atoms with Crippen LogP contribution < -0.4 is 10.1 Å². The van der Waals surface area contributed by atoms with Gasteiger partial charge in [-0.05, 0) is 38.8 Å². The molecule has 1 N–H and O–H groups in total. The summed E-state index contributed by atoms with van der Waals surface area (Å²) in [5.74, 6) is 1.02. The number of piperidine rings is 1. The number of aliphatic imine (C=N–C) groups is 1. The Morgan fingerprint density at radius 1 is 1.23 bits per heavy atom. The van der Waals surface area contributed by atoms with E-state index >= 15 is 0 Å². The molecule has 2 fully saturated rings. The molecule has 1 aromatic rings. The number of halogens is 2. The Morgan fingerprint density at radius 3 is 2.55 bits per heavy atom. The van der Waals surface area contributed by atoms with Gasteiger partial charge in [0.2, 0.25) is 5.91 Å². The van der Waals surface area contributed by atoms with Gasteiger partial charge in [0.25, 0.3) is 0 Å². The van der Waals surface area contributed by atoms with E-state index in [0.717, 1.165) is 38.4 Å². The first-order valence-corrected chi connectivity index (χ1v) is 10.9. The van der Waals surface area contributed by atoms with E-state index < -0.39 is 0 Å². The van der Waals surface area contributed by atoms with Crippen molar-refractivity contribution in [3.8, 4) is 5.75 Å². The third-order valence-electron chi connectivity index (χ3n) is 5.46. The number of para-hydroxylation sites is 1. The summed E-state index contributed by atoms with van der Waals surface area (Å²) in [6.07, 6.45) is 1.39. The molecule has 0 aliphatic carbocycles. The van der Waals surface area contributed by atoms with Crippen LogP contribution in [0.5, 0.6) is 5.75 Å². The molecular formula is C22H34FIN4O3. The summed E-state index contributed by atoms with van der Waals surface area (Å²) in [5.41, 5.74) is 0. The summed E-state index contributed by atoms with van der Waals surface area (Å²) in [6, 6.07) is 6.40. The Labute approximate surface area is 201 Å². The van der Waals surface area contributed by atoms with Gasteiger partial charge in [-0.2, -0.15) is 0 Å². The van der Waals surface area contributed by atoms with E-state index in [-0.39, 0.29) is 53.5 Å². The number of ether oxygens (including phenoxy) is 2. The Hall–Kier alpha value is -1.62. The number of guanidine groups is 1. The summed E-state index contributed by atoms with van der Waals surface area (Å²) in [7, 11) is 0. The molecule has 2 heterocycles. The van der Waals surface area contributed by atoms with Gasteiger partial charge < -0.3 is 24.6 Å². The topological polar surface area (TPSA) is 66.4 Å². The fraction of sp³-hybridized carbons (Fsp3) is 0.636. The molecule has 2 aliphatic rings. The minimum atomic E-state index is -0.368. The molecule has 0 radical (unpaired) electrons. The van der Waals surface area contributed by atoms with Crippen molar-refractivity contribution in [2.45, 2.75) is 32.8 Å². The van der Waals surface area contributed by atoms with Crippen LogP contribution in [0.1, 0.15) is 26.7 Å². The maximum absolute atomic E-state index is 13.8. The number of carbonyl (C=O) groups is 1. The molecule has 31 heavy (non-hydrogen) atoms. The fourth-order valence-corrected chi connectivity index (χ4v) is 3.82. The van der Waals surface area contributed by atoms with Crippen molar-refractivity contribution in [3.63, 3.8) is 0 Å². The quantitative estimate of drug-likeness (QED) is 0.337. The summed E-state index contributed by atoms with van der Waals surface area (Å²) in [5, 5.41) is 3.32. The number of rotatable bonds is 6. The van der Waals surface area contributed by atoms with E-state index in [1.807, 2.05) is 18.7 Å². The van der Waals surface area contributed by atoms with Crippen molar-refractivity contribution in [1.29, 1.82) is 0 Å². The number of amides is 1. The highest BCUT2D eigenvalue weighted by Gasteiger charge is 2.30. The van der Waals surface area contributed by atoms with Crippen molar-refractivity contribution >= 4 is 35.8 Å². The molecule has 0 bridgehead atoms. The van der Waals surface area contributed by atoms with Crippen LogP contribution in [0.25, 0.3) is 0 Å².